The highest BCUT2D eigenvalue weighted by atomic mass is 79.9. The van der Waals surface area contributed by atoms with Gasteiger partial charge in [0.05, 0.1) is 17.7 Å². The maximum atomic E-state index is 5.70. The second kappa shape index (κ2) is 6.25. The standard InChI is InChI=1S/C14H18BrNO2/c1-3-10(2)16-9-11-7-12(15)14-13(8-11)17-5-4-6-18-14/h3,7-8,10,16H,1,4-6,9H2,2H3. The van der Waals surface area contributed by atoms with Crippen LogP contribution in [0, 0.1) is 0 Å². The number of halogens is 1. The third-order valence-corrected chi connectivity index (χ3v) is 3.43. The van der Waals surface area contributed by atoms with E-state index in [1.807, 2.05) is 12.1 Å². The molecule has 0 aromatic heterocycles. The van der Waals surface area contributed by atoms with Crippen LogP contribution in [0.3, 0.4) is 0 Å². The van der Waals surface area contributed by atoms with Gasteiger partial charge in [0.15, 0.2) is 11.5 Å². The number of hydrogen-bond donors (Lipinski definition) is 1. The van der Waals surface area contributed by atoms with Crippen LogP contribution in [0.5, 0.6) is 11.5 Å². The summed E-state index contributed by atoms with van der Waals surface area (Å²) in [6, 6.07) is 4.39. The first-order chi connectivity index (χ1) is 8.70. The van der Waals surface area contributed by atoms with E-state index in [0.717, 1.165) is 28.9 Å². The van der Waals surface area contributed by atoms with Crippen molar-refractivity contribution in [2.24, 2.45) is 0 Å². The monoisotopic (exact) mass is 311 g/mol. The molecule has 0 bridgehead atoms. The van der Waals surface area contributed by atoms with Crippen LogP contribution in [0.25, 0.3) is 0 Å². The van der Waals surface area contributed by atoms with Gasteiger partial charge < -0.3 is 14.8 Å². The zero-order valence-corrected chi connectivity index (χ0v) is 12.1. The van der Waals surface area contributed by atoms with Gasteiger partial charge >= 0.3 is 0 Å². The van der Waals surface area contributed by atoms with Gasteiger partial charge in [-0.1, -0.05) is 6.08 Å². The fraction of sp³-hybridized carbons (Fsp3) is 0.429. The van der Waals surface area contributed by atoms with E-state index >= 15 is 0 Å². The molecule has 4 heteroatoms. The molecule has 1 aromatic rings. The Hall–Kier alpha value is -1.00. The Labute approximate surface area is 116 Å². The maximum Gasteiger partial charge on any atom is 0.175 e. The minimum absolute atomic E-state index is 0.291. The first kappa shape index (κ1) is 13.4. The van der Waals surface area contributed by atoms with E-state index in [1.165, 1.54) is 5.56 Å². The van der Waals surface area contributed by atoms with Gasteiger partial charge in [0.2, 0.25) is 0 Å². The summed E-state index contributed by atoms with van der Waals surface area (Å²) in [5.41, 5.74) is 1.17. The van der Waals surface area contributed by atoms with Crippen LogP contribution >= 0.6 is 15.9 Å². The molecule has 0 aliphatic carbocycles. The van der Waals surface area contributed by atoms with E-state index in [4.69, 9.17) is 9.47 Å². The van der Waals surface area contributed by atoms with E-state index in [-0.39, 0.29) is 0 Å². The highest BCUT2D eigenvalue weighted by molar-refractivity contribution is 9.10. The summed E-state index contributed by atoms with van der Waals surface area (Å²) in [6.07, 6.45) is 2.81. The minimum Gasteiger partial charge on any atom is -0.490 e. The van der Waals surface area contributed by atoms with Crippen LogP contribution in [-0.4, -0.2) is 19.3 Å². The molecule has 98 valence electrons. The van der Waals surface area contributed by atoms with Crippen LogP contribution in [0.2, 0.25) is 0 Å². The van der Waals surface area contributed by atoms with Gasteiger partial charge in [-0.15, -0.1) is 6.58 Å². The topological polar surface area (TPSA) is 30.5 Å². The van der Waals surface area contributed by atoms with Crippen molar-refractivity contribution in [1.29, 1.82) is 0 Å². The zero-order chi connectivity index (χ0) is 13.0. The van der Waals surface area contributed by atoms with E-state index in [1.54, 1.807) is 0 Å². The molecule has 1 aliphatic rings. The molecule has 1 N–H and O–H groups in total. The third kappa shape index (κ3) is 3.27. The van der Waals surface area contributed by atoms with Gasteiger partial charge in [-0.05, 0) is 40.5 Å². The lowest BCUT2D eigenvalue weighted by atomic mass is 10.2. The van der Waals surface area contributed by atoms with Crippen LogP contribution in [0.15, 0.2) is 29.3 Å². The Morgan fingerprint density at radius 1 is 1.44 bits per heavy atom. The molecule has 18 heavy (non-hydrogen) atoms. The van der Waals surface area contributed by atoms with Gasteiger partial charge in [-0.25, -0.2) is 0 Å². The molecule has 1 unspecified atom stereocenters. The molecule has 3 nitrogen and oxygen atoms in total. The first-order valence-electron chi connectivity index (χ1n) is 6.14. The number of benzene rings is 1. The minimum atomic E-state index is 0.291. The van der Waals surface area contributed by atoms with Gasteiger partial charge in [0.25, 0.3) is 0 Å². The Kier molecular flexibility index (Phi) is 4.66. The Bertz CT molecular complexity index is 434. The van der Waals surface area contributed by atoms with Gasteiger partial charge in [0.1, 0.15) is 0 Å². The number of hydrogen-bond acceptors (Lipinski definition) is 3. The first-order valence-corrected chi connectivity index (χ1v) is 6.94. The SMILES string of the molecule is C=CC(C)NCc1cc(Br)c2c(c1)OCCCO2. The van der Waals surface area contributed by atoms with E-state index in [9.17, 15) is 0 Å². The fourth-order valence-electron chi connectivity index (χ4n) is 1.75. The lowest BCUT2D eigenvalue weighted by Gasteiger charge is -2.13. The van der Waals surface area contributed by atoms with E-state index < -0.39 is 0 Å². The van der Waals surface area contributed by atoms with E-state index in [2.05, 4.69) is 40.8 Å². The molecule has 1 aliphatic heterocycles. The quantitative estimate of drug-likeness (QED) is 0.866. The lowest BCUT2D eigenvalue weighted by molar-refractivity contribution is 0.296. The largest absolute Gasteiger partial charge is 0.490 e. The summed E-state index contributed by atoms with van der Waals surface area (Å²) >= 11 is 3.54. The predicted octanol–water partition coefficient (Wildman–Crippen LogP) is 3.27. The van der Waals surface area contributed by atoms with Crippen molar-refractivity contribution in [2.75, 3.05) is 13.2 Å². The van der Waals surface area contributed by atoms with Crippen molar-refractivity contribution in [3.05, 3.63) is 34.8 Å². The molecule has 2 rings (SSSR count). The smallest absolute Gasteiger partial charge is 0.175 e. The highest BCUT2D eigenvalue weighted by Crippen LogP contribution is 2.38. The molecule has 0 fully saturated rings. The molecule has 0 saturated carbocycles. The van der Waals surface area contributed by atoms with Crippen molar-refractivity contribution in [1.82, 2.24) is 5.32 Å². The van der Waals surface area contributed by atoms with Gasteiger partial charge in [-0.3, -0.25) is 0 Å². The summed E-state index contributed by atoms with van der Waals surface area (Å²) in [5, 5.41) is 3.36. The molecule has 0 radical (unpaired) electrons. The second-order valence-electron chi connectivity index (χ2n) is 4.36. The molecular weight excluding hydrogens is 294 g/mol. The van der Waals surface area contributed by atoms with Crippen LogP contribution < -0.4 is 14.8 Å². The molecule has 0 saturated heterocycles. The number of rotatable bonds is 4. The molecular formula is C14H18BrNO2. The summed E-state index contributed by atoms with van der Waals surface area (Å²) in [6.45, 7) is 8.02. The predicted molar refractivity (Wildman–Crippen MR) is 76.2 cm³/mol. The Morgan fingerprint density at radius 3 is 3.00 bits per heavy atom. The van der Waals surface area contributed by atoms with Crippen molar-refractivity contribution in [2.45, 2.75) is 25.9 Å². The third-order valence-electron chi connectivity index (χ3n) is 2.84. The van der Waals surface area contributed by atoms with Crippen molar-refractivity contribution >= 4 is 15.9 Å². The second-order valence-corrected chi connectivity index (χ2v) is 5.21. The summed E-state index contributed by atoms with van der Waals surface area (Å²) < 4.78 is 12.3. The summed E-state index contributed by atoms with van der Waals surface area (Å²) in [5.74, 6) is 1.64. The fourth-order valence-corrected chi connectivity index (χ4v) is 2.35. The summed E-state index contributed by atoms with van der Waals surface area (Å²) in [4.78, 5) is 0. The van der Waals surface area contributed by atoms with Crippen LogP contribution in [0.4, 0.5) is 0 Å². The Morgan fingerprint density at radius 2 is 2.22 bits per heavy atom. The summed E-state index contributed by atoms with van der Waals surface area (Å²) in [7, 11) is 0. The van der Waals surface area contributed by atoms with E-state index in [0.29, 0.717) is 19.3 Å². The van der Waals surface area contributed by atoms with Gasteiger partial charge in [0, 0.05) is 19.0 Å². The number of fused-ring (bicyclic) bond motifs is 1. The maximum absolute atomic E-state index is 5.70. The number of ether oxygens (including phenoxy) is 2. The van der Waals surface area contributed by atoms with Crippen molar-refractivity contribution in [3.63, 3.8) is 0 Å². The van der Waals surface area contributed by atoms with Gasteiger partial charge in [-0.2, -0.15) is 0 Å². The average molecular weight is 312 g/mol. The normalized spacial score (nSPS) is 15.9. The molecule has 1 heterocycles. The molecule has 0 amide bonds. The lowest BCUT2D eigenvalue weighted by Crippen LogP contribution is -2.22. The molecule has 1 atom stereocenters. The number of nitrogens with one attached hydrogen (secondary N) is 1. The van der Waals surface area contributed by atoms with Crippen LogP contribution in [-0.2, 0) is 6.54 Å². The van der Waals surface area contributed by atoms with Crippen molar-refractivity contribution in [3.8, 4) is 11.5 Å². The zero-order valence-electron chi connectivity index (χ0n) is 10.5. The highest BCUT2D eigenvalue weighted by Gasteiger charge is 2.15. The molecule has 0 spiro atoms. The average Bonchev–Trinajstić information content (AvgIpc) is 2.61. The Balaban J connectivity index is 2.15. The molecule has 1 aromatic carbocycles. The van der Waals surface area contributed by atoms with Crippen molar-refractivity contribution < 1.29 is 9.47 Å². The van der Waals surface area contributed by atoms with Crippen LogP contribution in [0.1, 0.15) is 18.9 Å².